The fraction of sp³-hybridized carbons (Fsp3) is 0.864. The molecule has 0 spiro atoms. The molecule has 0 radical (unpaired) electrons. The Hall–Kier alpha value is -0.810. The normalized spacial score (nSPS) is 12.3. The molecule has 0 aliphatic carbocycles. The second-order valence-corrected chi connectivity index (χ2v) is 8.31. The molecule has 4 nitrogen and oxygen atoms in total. The number of hydrogen-bond acceptors (Lipinski definition) is 5. The molecule has 1 unspecified atom stereocenters. The Balaban J connectivity index is 1.76. The maximum Gasteiger partial charge on any atom is 0.143 e. The molecular weight excluding hydrogens is 354 g/mol. The number of unbranched alkanes of at least 4 members (excludes halogenated alkanes) is 15. The van der Waals surface area contributed by atoms with E-state index in [-0.39, 0.29) is 6.04 Å². The first-order valence-corrected chi connectivity index (χ1v) is 12.2. The van der Waals surface area contributed by atoms with E-state index in [1.54, 1.807) is 0 Å². The molecule has 1 atom stereocenters. The number of carbonyl (C=O) groups excluding carboxylic acids is 1. The Bertz CT molecular complexity index is 425. The van der Waals surface area contributed by atoms with E-state index in [9.17, 15) is 4.79 Å². The highest BCUT2D eigenvalue weighted by Crippen LogP contribution is 2.14. The van der Waals surface area contributed by atoms with Gasteiger partial charge in [0.05, 0.1) is 5.69 Å². The Morgan fingerprint density at radius 1 is 0.852 bits per heavy atom. The van der Waals surface area contributed by atoms with Gasteiger partial charge in [0.1, 0.15) is 12.3 Å². The lowest BCUT2D eigenvalue weighted by atomic mass is 10.0. The summed E-state index contributed by atoms with van der Waals surface area (Å²) >= 11 is 1.29. The number of nitrogens with one attached hydrogen (secondary N) is 1. The first kappa shape index (κ1) is 24.2. The first-order valence-electron chi connectivity index (χ1n) is 11.3. The fourth-order valence-corrected chi connectivity index (χ4v) is 3.95. The van der Waals surface area contributed by atoms with E-state index in [0.717, 1.165) is 24.9 Å². The van der Waals surface area contributed by atoms with Crippen molar-refractivity contribution in [1.29, 1.82) is 0 Å². The lowest BCUT2D eigenvalue weighted by Crippen LogP contribution is -2.23. The molecule has 0 bridgehead atoms. The minimum Gasteiger partial charge on any atom is -0.303 e. The van der Waals surface area contributed by atoms with E-state index in [1.165, 1.54) is 108 Å². The van der Waals surface area contributed by atoms with Gasteiger partial charge in [0.25, 0.3) is 0 Å². The summed E-state index contributed by atoms with van der Waals surface area (Å²) in [4.78, 5) is 11.1. The molecule has 0 aliphatic rings. The predicted octanol–water partition coefficient (Wildman–Crippen LogP) is 6.63. The zero-order valence-corrected chi connectivity index (χ0v) is 18.3. The second-order valence-electron chi connectivity index (χ2n) is 7.70. The largest absolute Gasteiger partial charge is 0.303 e. The lowest BCUT2D eigenvalue weighted by molar-refractivity contribution is -0.109. The van der Waals surface area contributed by atoms with Crippen LogP contribution in [0.25, 0.3) is 0 Å². The third-order valence-electron chi connectivity index (χ3n) is 5.23. The summed E-state index contributed by atoms with van der Waals surface area (Å²) in [5.74, 6) is 0. The van der Waals surface area contributed by atoms with Gasteiger partial charge in [-0.25, -0.2) is 0 Å². The molecule has 156 valence electrons. The standard InChI is InChI=1S/C22H41N3OS/c1-2-3-4-5-6-7-8-9-10-11-12-13-14-15-16-17-18-23-21(19-26)22-20-27-25-24-22/h19-21,23H,2-18H2,1H3. The summed E-state index contributed by atoms with van der Waals surface area (Å²) in [6.07, 6.45) is 23.0. The van der Waals surface area contributed by atoms with E-state index >= 15 is 0 Å². The molecule has 0 saturated carbocycles. The molecule has 27 heavy (non-hydrogen) atoms. The minimum atomic E-state index is -0.292. The van der Waals surface area contributed by atoms with Crippen molar-refractivity contribution in [1.82, 2.24) is 14.9 Å². The summed E-state index contributed by atoms with van der Waals surface area (Å²) in [5, 5.41) is 9.05. The average Bonchev–Trinajstić information content (AvgIpc) is 3.22. The van der Waals surface area contributed by atoms with Crippen molar-refractivity contribution in [2.24, 2.45) is 0 Å². The molecule has 5 heteroatoms. The quantitative estimate of drug-likeness (QED) is 0.199. The predicted molar refractivity (Wildman–Crippen MR) is 116 cm³/mol. The van der Waals surface area contributed by atoms with E-state index in [0.29, 0.717) is 0 Å². The van der Waals surface area contributed by atoms with Gasteiger partial charge in [0.15, 0.2) is 0 Å². The van der Waals surface area contributed by atoms with E-state index < -0.39 is 0 Å². The fourth-order valence-electron chi connectivity index (χ4n) is 3.46. The third kappa shape index (κ3) is 13.9. The average molecular weight is 396 g/mol. The molecule has 1 rings (SSSR count). The number of carbonyl (C=O) groups is 1. The Labute approximate surface area is 171 Å². The first-order chi connectivity index (χ1) is 13.4. The molecule has 0 aromatic carbocycles. The Kier molecular flexibility index (Phi) is 16.6. The highest BCUT2D eigenvalue weighted by Gasteiger charge is 2.11. The van der Waals surface area contributed by atoms with Gasteiger partial charge in [-0.15, -0.1) is 5.10 Å². The number of nitrogens with zero attached hydrogens (tertiary/aromatic N) is 2. The Morgan fingerprint density at radius 2 is 1.33 bits per heavy atom. The van der Waals surface area contributed by atoms with Crippen LogP contribution in [0.3, 0.4) is 0 Å². The van der Waals surface area contributed by atoms with Crippen LogP contribution in [-0.4, -0.2) is 22.4 Å². The number of aldehydes is 1. The summed E-state index contributed by atoms with van der Waals surface area (Å²) in [6.45, 7) is 3.16. The van der Waals surface area contributed by atoms with Gasteiger partial charge >= 0.3 is 0 Å². The molecule has 0 saturated heterocycles. The van der Waals surface area contributed by atoms with Crippen LogP contribution in [0.4, 0.5) is 0 Å². The van der Waals surface area contributed by atoms with Crippen LogP contribution >= 0.6 is 11.5 Å². The van der Waals surface area contributed by atoms with Crippen molar-refractivity contribution >= 4 is 17.8 Å². The van der Waals surface area contributed by atoms with Crippen molar-refractivity contribution in [3.05, 3.63) is 11.1 Å². The maximum atomic E-state index is 11.1. The van der Waals surface area contributed by atoms with Crippen LogP contribution in [0.15, 0.2) is 5.38 Å². The summed E-state index contributed by atoms with van der Waals surface area (Å²) in [5.41, 5.74) is 0.742. The Morgan fingerprint density at radius 3 is 1.74 bits per heavy atom. The summed E-state index contributed by atoms with van der Waals surface area (Å²) in [6, 6.07) is -0.292. The highest BCUT2D eigenvalue weighted by molar-refractivity contribution is 7.03. The van der Waals surface area contributed by atoms with Crippen LogP contribution in [0.1, 0.15) is 121 Å². The maximum absolute atomic E-state index is 11.1. The smallest absolute Gasteiger partial charge is 0.143 e. The van der Waals surface area contributed by atoms with Gasteiger partial charge in [-0.2, -0.15) is 0 Å². The van der Waals surface area contributed by atoms with Crippen LogP contribution < -0.4 is 5.32 Å². The van der Waals surface area contributed by atoms with Crippen molar-refractivity contribution in [3.63, 3.8) is 0 Å². The van der Waals surface area contributed by atoms with Gasteiger partial charge in [-0.1, -0.05) is 108 Å². The topological polar surface area (TPSA) is 54.9 Å². The molecule has 0 aliphatic heterocycles. The van der Waals surface area contributed by atoms with Gasteiger partial charge in [-0.05, 0) is 24.5 Å². The van der Waals surface area contributed by atoms with Gasteiger partial charge in [-0.3, -0.25) is 0 Å². The molecule has 1 heterocycles. The SMILES string of the molecule is CCCCCCCCCCCCCCCCCCNC(C=O)c1csnn1. The van der Waals surface area contributed by atoms with E-state index in [1.807, 2.05) is 5.38 Å². The van der Waals surface area contributed by atoms with Crippen molar-refractivity contribution in [2.75, 3.05) is 6.54 Å². The van der Waals surface area contributed by atoms with Crippen LogP contribution in [-0.2, 0) is 4.79 Å². The van der Waals surface area contributed by atoms with E-state index in [4.69, 9.17) is 0 Å². The van der Waals surface area contributed by atoms with Gasteiger partial charge in [0, 0.05) is 5.38 Å². The molecule has 0 fully saturated rings. The highest BCUT2D eigenvalue weighted by atomic mass is 32.1. The molecular formula is C22H41N3OS. The zero-order chi connectivity index (χ0) is 19.4. The molecule has 1 N–H and O–H groups in total. The van der Waals surface area contributed by atoms with Crippen LogP contribution in [0.5, 0.6) is 0 Å². The molecule has 0 amide bonds. The van der Waals surface area contributed by atoms with Crippen LogP contribution in [0, 0.1) is 0 Å². The van der Waals surface area contributed by atoms with Crippen LogP contribution in [0.2, 0.25) is 0 Å². The monoisotopic (exact) mass is 395 g/mol. The number of rotatable bonds is 20. The van der Waals surface area contributed by atoms with Crippen molar-refractivity contribution < 1.29 is 4.79 Å². The lowest BCUT2D eigenvalue weighted by Gasteiger charge is -2.09. The van der Waals surface area contributed by atoms with Gasteiger partial charge in [0.2, 0.25) is 0 Å². The van der Waals surface area contributed by atoms with E-state index in [2.05, 4.69) is 21.8 Å². The summed E-state index contributed by atoms with van der Waals surface area (Å²) in [7, 11) is 0. The van der Waals surface area contributed by atoms with Crippen molar-refractivity contribution in [2.45, 2.75) is 116 Å². The zero-order valence-electron chi connectivity index (χ0n) is 17.5. The van der Waals surface area contributed by atoms with Crippen molar-refractivity contribution in [3.8, 4) is 0 Å². The number of aromatic nitrogens is 2. The molecule has 1 aromatic heterocycles. The molecule has 1 aromatic rings. The summed E-state index contributed by atoms with van der Waals surface area (Å²) < 4.78 is 3.81. The third-order valence-corrected chi connectivity index (χ3v) is 5.75. The minimum absolute atomic E-state index is 0.292. The van der Waals surface area contributed by atoms with Gasteiger partial charge < -0.3 is 10.1 Å². The number of hydrogen-bond donors (Lipinski definition) is 1. The second kappa shape index (κ2) is 18.5.